The molecular weight excluding hydrogens is 224 g/mol. The third-order valence-electron chi connectivity index (χ3n) is 3.78. The quantitative estimate of drug-likeness (QED) is 0.774. The highest BCUT2D eigenvalue weighted by molar-refractivity contribution is 5.74. The first kappa shape index (κ1) is 11.7. The third-order valence-corrected chi connectivity index (χ3v) is 3.78. The maximum Gasteiger partial charge on any atom is 0.124 e. The maximum atomic E-state index is 5.94. The lowest BCUT2D eigenvalue weighted by Gasteiger charge is -2.17. The summed E-state index contributed by atoms with van der Waals surface area (Å²) in [6, 6.07) is 9.28. The van der Waals surface area contributed by atoms with Gasteiger partial charge in [0.25, 0.3) is 0 Å². The lowest BCUT2D eigenvalue weighted by Crippen LogP contribution is -2.31. The molecule has 1 aromatic carbocycles. The van der Waals surface area contributed by atoms with Crippen molar-refractivity contribution in [3.63, 3.8) is 0 Å². The van der Waals surface area contributed by atoms with E-state index in [-0.39, 0.29) is 6.04 Å². The van der Waals surface area contributed by atoms with Crippen molar-refractivity contribution in [2.75, 3.05) is 0 Å². The van der Waals surface area contributed by atoms with Crippen molar-refractivity contribution < 1.29 is 0 Å². The average molecular weight is 244 g/mol. The standard InChI is InChI=1S/C14H20N4/c1-9(16-11-7-6-10(15)8-11)14-17-12-4-2-3-5-13(12)18-14/h2-5,9-11,16H,6-8,15H2,1H3,(H,17,18). The van der Waals surface area contributed by atoms with Gasteiger partial charge in [-0.3, -0.25) is 0 Å². The molecule has 1 aromatic heterocycles. The van der Waals surface area contributed by atoms with Crippen LogP contribution in [0.15, 0.2) is 24.3 Å². The highest BCUT2D eigenvalue weighted by Gasteiger charge is 2.23. The number of fused-ring (bicyclic) bond motifs is 1. The number of rotatable bonds is 3. The zero-order chi connectivity index (χ0) is 12.5. The van der Waals surface area contributed by atoms with Crippen LogP contribution in [0.4, 0.5) is 0 Å². The van der Waals surface area contributed by atoms with Crippen molar-refractivity contribution in [2.45, 2.75) is 44.3 Å². The number of nitrogens with zero attached hydrogens (tertiary/aromatic N) is 1. The molecule has 0 saturated heterocycles. The summed E-state index contributed by atoms with van der Waals surface area (Å²) >= 11 is 0. The summed E-state index contributed by atoms with van der Waals surface area (Å²) in [5.41, 5.74) is 8.07. The van der Waals surface area contributed by atoms with Crippen molar-refractivity contribution in [1.82, 2.24) is 15.3 Å². The number of H-pyrrole nitrogens is 1. The van der Waals surface area contributed by atoms with Crippen molar-refractivity contribution in [1.29, 1.82) is 0 Å². The van der Waals surface area contributed by atoms with Crippen LogP contribution in [0.1, 0.15) is 38.1 Å². The number of aromatic nitrogens is 2. The van der Waals surface area contributed by atoms with Crippen LogP contribution in [0.2, 0.25) is 0 Å². The van der Waals surface area contributed by atoms with Crippen LogP contribution >= 0.6 is 0 Å². The molecule has 0 spiro atoms. The summed E-state index contributed by atoms with van der Waals surface area (Å²) in [4.78, 5) is 8.00. The predicted octanol–water partition coefficient (Wildman–Crippen LogP) is 2.09. The molecule has 1 aliphatic rings. The minimum atomic E-state index is 0.243. The van der Waals surface area contributed by atoms with Crippen molar-refractivity contribution in [3.8, 4) is 0 Å². The molecule has 1 saturated carbocycles. The molecular formula is C14H20N4. The summed E-state index contributed by atoms with van der Waals surface area (Å²) in [6.07, 6.45) is 3.38. The number of hydrogen-bond donors (Lipinski definition) is 3. The minimum absolute atomic E-state index is 0.243. The van der Waals surface area contributed by atoms with Crippen LogP contribution in [0, 0.1) is 0 Å². The lowest BCUT2D eigenvalue weighted by atomic mass is 10.2. The topological polar surface area (TPSA) is 66.7 Å². The van der Waals surface area contributed by atoms with Gasteiger partial charge in [0.15, 0.2) is 0 Å². The van der Waals surface area contributed by atoms with E-state index in [0.717, 1.165) is 29.7 Å². The van der Waals surface area contributed by atoms with Crippen molar-refractivity contribution in [2.24, 2.45) is 5.73 Å². The Kier molecular flexibility index (Phi) is 3.06. The summed E-state index contributed by atoms with van der Waals surface area (Å²) in [5, 5.41) is 3.61. The minimum Gasteiger partial charge on any atom is -0.341 e. The first-order valence-corrected chi connectivity index (χ1v) is 6.68. The molecule has 18 heavy (non-hydrogen) atoms. The van der Waals surface area contributed by atoms with Crippen LogP contribution < -0.4 is 11.1 Å². The van der Waals surface area contributed by atoms with Crippen LogP contribution in [0.3, 0.4) is 0 Å². The number of aromatic amines is 1. The number of nitrogens with one attached hydrogen (secondary N) is 2. The Balaban J connectivity index is 1.73. The second-order valence-corrected chi connectivity index (χ2v) is 5.30. The molecule has 0 amide bonds. The molecule has 4 N–H and O–H groups in total. The fourth-order valence-electron chi connectivity index (χ4n) is 2.78. The summed E-state index contributed by atoms with van der Waals surface area (Å²) in [7, 11) is 0. The zero-order valence-corrected chi connectivity index (χ0v) is 10.7. The van der Waals surface area contributed by atoms with Gasteiger partial charge in [0.2, 0.25) is 0 Å². The molecule has 4 heteroatoms. The van der Waals surface area contributed by atoms with Gasteiger partial charge in [-0.15, -0.1) is 0 Å². The van der Waals surface area contributed by atoms with E-state index in [0.29, 0.717) is 12.1 Å². The van der Waals surface area contributed by atoms with Crippen molar-refractivity contribution in [3.05, 3.63) is 30.1 Å². The lowest BCUT2D eigenvalue weighted by molar-refractivity contribution is 0.446. The van der Waals surface area contributed by atoms with E-state index < -0.39 is 0 Å². The Morgan fingerprint density at radius 2 is 2.22 bits per heavy atom. The molecule has 3 unspecified atom stereocenters. The monoisotopic (exact) mass is 244 g/mol. The van der Waals surface area contributed by atoms with Crippen LogP contribution in [-0.4, -0.2) is 22.1 Å². The van der Waals surface area contributed by atoms with Gasteiger partial charge in [-0.1, -0.05) is 12.1 Å². The maximum absolute atomic E-state index is 5.94. The first-order chi connectivity index (χ1) is 8.72. The molecule has 0 radical (unpaired) electrons. The van der Waals surface area contributed by atoms with E-state index in [1.807, 2.05) is 18.2 Å². The Bertz CT molecular complexity index is 500. The molecule has 4 nitrogen and oxygen atoms in total. The molecule has 1 fully saturated rings. The molecule has 2 aromatic rings. The zero-order valence-electron chi connectivity index (χ0n) is 10.7. The van der Waals surface area contributed by atoms with Crippen LogP contribution in [0.25, 0.3) is 11.0 Å². The average Bonchev–Trinajstić information content (AvgIpc) is 2.95. The number of hydrogen-bond acceptors (Lipinski definition) is 3. The Hall–Kier alpha value is -1.39. The number of para-hydroxylation sites is 2. The van der Waals surface area contributed by atoms with E-state index in [1.54, 1.807) is 0 Å². The Labute approximate surface area is 107 Å². The van der Waals surface area contributed by atoms with Gasteiger partial charge in [-0.05, 0) is 38.3 Å². The number of benzene rings is 1. The second-order valence-electron chi connectivity index (χ2n) is 5.30. The SMILES string of the molecule is CC(NC1CCC(N)C1)c1nc2ccccc2[nH]1. The molecule has 0 bridgehead atoms. The van der Waals surface area contributed by atoms with Gasteiger partial charge in [0.05, 0.1) is 17.1 Å². The van der Waals surface area contributed by atoms with Crippen LogP contribution in [0.5, 0.6) is 0 Å². The number of nitrogens with two attached hydrogens (primary N) is 1. The second kappa shape index (κ2) is 4.71. The fourth-order valence-corrected chi connectivity index (χ4v) is 2.78. The molecule has 1 heterocycles. The van der Waals surface area contributed by atoms with E-state index >= 15 is 0 Å². The highest BCUT2D eigenvalue weighted by Crippen LogP contribution is 2.21. The van der Waals surface area contributed by atoms with Crippen LogP contribution in [-0.2, 0) is 0 Å². The van der Waals surface area contributed by atoms with E-state index in [1.165, 1.54) is 6.42 Å². The molecule has 0 aliphatic heterocycles. The largest absolute Gasteiger partial charge is 0.341 e. The molecule has 3 atom stereocenters. The summed E-state index contributed by atoms with van der Waals surface area (Å²) in [5.74, 6) is 1.01. The normalized spacial score (nSPS) is 25.7. The Morgan fingerprint density at radius 1 is 1.39 bits per heavy atom. The van der Waals surface area contributed by atoms with E-state index in [9.17, 15) is 0 Å². The summed E-state index contributed by atoms with van der Waals surface area (Å²) < 4.78 is 0. The molecule has 3 rings (SSSR count). The van der Waals surface area contributed by atoms with Gasteiger partial charge < -0.3 is 16.0 Å². The van der Waals surface area contributed by atoms with E-state index in [4.69, 9.17) is 5.73 Å². The predicted molar refractivity (Wildman–Crippen MR) is 73.3 cm³/mol. The first-order valence-electron chi connectivity index (χ1n) is 6.68. The van der Waals surface area contributed by atoms with Gasteiger partial charge in [0.1, 0.15) is 5.82 Å². The summed E-state index contributed by atoms with van der Waals surface area (Å²) in [6.45, 7) is 2.15. The van der Waals surface area contributed by atoms with Gasteiger partial charge in [-0.2, -0.15) is 0 Å². The molecule has 96 valence electrons. The fraction of sp³-hybridized carbons (Fsp3) is 0.500. The smallest absolute Gasteiger partial charge is 0.124 e. The van der Waals surface area contributed by atoms with Gasteiger partial charge in [-0.25, -0.2) is 4.98 Å². The Morgan fingerprint density at radius 3 is 2.94 bits per heavy atom. The van der Waals surface area contributed by atoms with E-state index in [2.05, 4.69) is 28.3 Å². The number of imidazole rings is 1. The van der Waals surface area contributed by atoms with Crippen molar-refractivity contribution >= 4 is 11.0 Å². The van der Waals surface area contributed by atoms with Gasteiger partial charge in [0, 0.05) is 12.1 Å². The highest BCUT2D eigenvalue weighted by atomic mass is 15.0. The van der Waals surface area contributed by atoms with Gasteiger partial charge >= 0.3 is 0 Å². The molecule has 1 aliphatic carbocycles. The third kappa shape index (κ3) is 2.26.